The van der Waals surface area contributed by atoms with Crippen LogP contribution >= 0.6 is 0 Å². The van der Waals surface area contributed by atoms with Crippen LogP contribution in [0.25, 0.3) is 0 Å². The van der Waals surface area contributed by atoms with Crippen molar-refractivity contribution in [3.63, 3.8) is 0 Å². The maximum absolute atomic E-state index is 3.83. The van der Waals surface area contributed by atoms with Crippen LogP contribution in [0, 0.1) is 5.92 Å². The summed E-state index contributed by atoms with van der Waals surface area (Å²) in [5, 5.41) is 3.83. The molecule has 0 bridgehead atoms. The zero-order valence-electron chi connectivity index (χ0n) is 12.2. The standard InChI is InChI=1S/C15H30N2/c1-5-6-7-10-17-12-15(4,13-8-9-13)16-11-14(17,2)3/h13,16H,5-12H2,1-4H3. The lowest BCUT2D eigenvalue weighted by atomic mass is 9.86. The van der Waals surface area contributed by atoms with Gasteiger partial charge in [0.1, 0.15) is 0 Å². The van der Waals surface area contributed by atoms with Crippen LogP contribution in [0.5, 0.6) is 0 Å². The summed E-state index contributed by atoms with van der Waals surface area (Å²) in [5.74, 6) is 0.937. The number of rotatable bonds is 5. The van der Waals surface area contributed by atoms with Crippen molar-refractivity contribution in [2.24, 2.45) is 5.92 Å². The number of nitrogens with one attached hydrogen (secondary N) is 1. The van der Waals surface area contributed by atoms with Crippen LogP contribution < -0.4 is 5.32 Å². The van der Waals surface area contributed by atoms with Gasteiger partial charge in [0, 0.05) is 24.2 Å². The van der Waals surface area contributed by atoms with E-state index in [2.05, 4.69) is 37.9 Å². The van der Waals surface area contributed by atoms with Gasteiger partial charge in [0.15, 0.2) is 0 Å². The topological polar surface area (TPSA) is 15.3 Å². The molecule has 0 aromatic carbocycles. The molecule has 17 heavy (non-hydrogen) atoms. The maximum atomic E-state index is 3.83. The molecule has 1 saturated heterocycles. The van der Waals surface area contributed by atoms with Crippen molar-refractivity contribution in [3.8, 4) is 0 Å². The fraction of sp³-hybridized carbons (Fsp3) is 1.00. The average Bonchev–Trinajstić information content (AvgIpc) is 3.08. The predicted octanol–water partition coefficient (Wildman–Crippen LogP) is 3.03. The minimum atomic E-state index is 0.335. The van der Waals surface area contributed by atoms with Crippen molar-refractivity contribution in [1.82, 2.24) is 10.2 Å². The highest BCUT2D eigenvalue weighted by Crippen LogP contribution is 2.42. The van der Waals surface area contributed by atoms with Crippen molar-refractivity contribution in [3.05, 3.63) is 0 Å². The molecular formula is C15H30N2. The van der Waals surface area contributed by atoms with Gasteiger partial charge in [0.25, 0.3) is 0 Å². The minimum Gasteiger partial charge on any atom is -0.308 e. The fourth-order valence-corrected chi connectivity index (χ4v) is 3.12. The summed E-state index contributed by atoms with van der Waals surface area (Å²) in [4.78, 5) is 2.73. The Bertz CT molecular complexity index is 258. The SMILES string of the molecule is CCCCCN1CC(C)(C2CC2)NCC1(C)C. The Labute approximate surface area is 107 Å². The Hall–Kier alpha value is -0.0800. The van der Waals surface area contributed by atoms with Gasteiger partial charge in [0.05, 0.1) is 0 Å². The summed E-state index contributed by atoms with van der Waals surface area (Å²) < 4.78 is 0. The van der Waals surface area contributed by atoms with E-state index in [4.69, 9.17) is 0 Å². The van der Waals surface area contributed by atoms with Crippen LogP contribution in [0.1, 0.15) is 59.8 Å². The van der Waals surface area contributed by atoms with Crippen LogP contribution in [-0.2, 0) is 0 Å². The van der Waals surface area contributed by atoms with Gasteiger partial charge in [-0.15, -0.1) is 0 Å². The van der Waals surface area contributed by atoms with E-state index in [1.54, 1.807) is 0 Å². The average molecular weight is 238 g/mol. The third-order valence-corrected chi connectivity index (χ3v) is 4.81. The smallest absolute Gasteiger partial charge is 0.0309 e. The van der Waals surface area contributed by atoms with Gasteiger partial charge < -0.3 is 5.32 Å². The summed E-state index contributed by atoms with van der Waals surface area (Å²) in [7, 11) is 0. The molecule has 0 aromatic heterocycles. The van der Waals surface area contributed by atoms with E-state index in [1.165, 1.54) is 45.2 Å². The first-order valence-electron chi connectivity index (χ1n) is 7.48. The summed E-state index contributed by atoms with van der Waals surface area (Å²) in [6.45, 7) is 13.2. The predicted molar refractivity (Wildman–Crippen MR) is 74.3 cm³/mol. The molecule has 1 aliphatic heterocycles. The number of nitrogens with zero attached hydrogens (tertiary/aromatic N) is 1. The monoisotopic (exact) mass is 238 g/mol. The van der Waals surface area contributed by atoms with Gasteiger partial charge in [0.2, 0.25) is 0 Å². The lowest BCUT2D eigenvalue weighted by Gasteiger charge is -2.51. The van der Waals surface area contributed by atoms with Crippen LogP contribution in [0.15, 0.2) is 0 Å². The van der Waals surface area contributed by atoms with E-state index in [0.717, 1.165) is 12.5 Å². The van der Waals surface area contributed by atoms with Crippen molar-refractivity contribution < 1.29 is 0 Å². The molecule has 100 valence electrons. The Kier molecular flexibility index (Phi) is 3.84. The van der Waals surface area contributed by atoms with Gasteiger partial charge >= 0.3 is 0 Å². The van der Waals surface area contributed by atoms with Gasteiger partial charge in [-0.05, 0) is 52.5 Å². The Morgan fingerprint density at radius 1 is 1.18 bits per heavy atom. The third kappa shape index (κ3) is 3.03. The zero-order valence-corrected chi connectivity index (χ0v) is 12.2. The lowest BCUT2D eigenvalue weighted by molar-refractivity contribution is 0.0232. The van der Waals surface area contributed by atoms with E-state index in [-0.39, 0.29) is 0 Å². The molecular weight excluding hydrogens is 208 g/mol. The first kappa shape index (κ1) is 13.4. The number of hydrogen-bond donors (Lipinski definition) is 1. The summed E-state index contributed by atoms with van der Waals surface area (Å²) in [6, 6.07) is 0. The molecule has 2 fully saturated rings. The first-order valence-corrected chi connectivity index (χ1v) is 7.48. The maximum Gasteiger partial charge on any atom is 0.0309 e. The van der Waals surface area contributed by atoms with Crippen molar-refractivity contribution in [1.29, 1.82) is 0 Å². The van der Waals surface area contributed by atoms with Gasteiger partial charge in [-0.3, -0.25) is 4.90 Å². The first-order chi connectivity index (χ1) is 7.98. The quantitative estimate of drug-likeness (QED) is 0.741. The molecule has 1 heterocycles. The van der Waals surface area contributed by atoms with E-state index in [1.807, 2.05) is 0 Å². The second-order valence-corrected chi connectivity index (χ2v) is 6.99. The van der Waals surface area contributed by atoms with Gasteiger partial charge in [-0.2, -0.15) is 0 Å². The summed E-state index contributed by atoms with van der Waals surface area (Å²) in [5.41, 5.74) is 0.726. The zero-order chi connectivity index (χ0) is 12.5. The Morgan fingerprint density at radius 3 is 2.47 bits per heavy atom. The molecule has 0 radical (unpaired) electrons. The number of unbranched alkanes of at least 4 members (excludes halogenated alkanes) is 2. The van der Waals surface area contributed by atoms with Crippen molar-refractivity contribution in [2.45, 2.75) is 70.9 Å². The van der Waals surface area contributed by atoms with E-state index >= 15 is 0 Å². The third-order valence-electron chi connectivity index (χ3n) is 4.81. The fourth-order valence-electron chi connectivity index (χ4n) is 3.12. The molecule has 1 N–H and O–H groups in total. The molecule has 2 nitrogen and oxygen atoms in total. The molecule has 1 unspecified atom stereocenters. The number of hydrogen-bond acceptors (Lipinski definition) is 2. The second-order valence-electron chi connectivity index (χ2n) is 6.99. The Balaban J connectivity index is 1.94. The molecule has 0 amide bonds. The molecule has 2 rings (SSSR count). The van der Waals surface area contributed by atoms with E-state index in [0.29, 0.717) is 11.1 Å². The van der Waals surface area contributed by atoms with Crippen LogP contribution in [0.3, 0.4) is 0 Å². The van der Waals surface area contributed by atoms with Crippen molar-refractivity contribution >= 4 is 0 Å². The van der Waals surface area contributed by atoms with Crippen LogP contribution in [0.2, 0.25) is 0 Å². The second kappa shape index (κ2) is 4.89. The van der Waals surface area contributed by atoms with Crippen molar-refractivity contribution in [2.75, 3.05) is 19.6 Å². The molecule has 2 aliphatic rings. The van der Waals surface area contributed by atoms with Gasteiger partial charge in [-0.1, -0.05) is 19.8 Å². The summed E-state index contributed by atoms with van der Waals surface area (Å²) >= 11 is 0. The lowest BCUT2D eigenvalue weighted by Crippen LogP contribution is -2.68. The largest absolute Gasteiger partial charge is 0.308 e. The molecule has 1 atom stereocenters. The normalized spacial score (nSPS) is 33.9. The molecule has 1 saturated carbocycles. The highest BCUT2D eigenvalue weighted by Gasteiger charge is 2.47. The highest BCUT2D eigenvalue weighted by molar-refractivity contribution is 5.06. The van der Waals surface area contributed by atoms with Crippen LogP contribution in [0.4, 0.5) is 0 Å². The molecule has 0 spiro atoms. The minimum absolute atomic E-state index is 0.335. The van der Waals surface area contributed by atoms with Gasteiger partial charge in [-0.25, -0.2) is 0 Å². The molecule has 2 heteroatoms. The number of piperazine rings is 1. The summed E-state index contributed by atoms with van der Waals surface area (Å²) in [6.07, 6.45) is 6.94. The van der Waals surface area contributed by atoms with E-state index < -0.39 is 0 Å². The molecule has 1 aliphatic carbocycles. The van der Waals surface area contributed by atoms with E-state index in [9.17, 15) is 0 Å². The Morgan fingerprint density at radius 2 is 1.88 bits per heavy atom. The molecule has 0 aromatic rings. The van der Waals surface area contributed by atoms with Crippen LogP contribution in [-0.4, -0.2) is 35.6 Å². The highest BCUT2D eigenvalue weighted by atomic mass is 15.3.